The van der Waals surface area contributed by atoms with Crippen LogP contribution in [-0.4, -0.2) is 212 Å². The quantitative estimate of drug-likeness (QED) is 0.0663. The Balaban J connectivity index is 0.678. The van der Waals surface area contributed by atoms with Crippen LogP contribution in [0.15, 0.2) is 64.5 Å². The van der Waals surface area contributed by atoms with Crippen molar-refractivity contribution in [1.82, 2.24) is 45.6 Å². The van der Waals surface area contributed by atoms with Crippen molar-refractivity contribution in [3.8, 4) is 11.9 Å². The summed E-state index contributed by atoms with van der Waals surface area (Å²) in [7, 11) is 3.22. The number of anilines is 1. The molecule has 0 spiro atoms. The molecule has 5 amide bonds. The Kier molecular flexibility index (Phi) is 22.8. The van der Waals surface area contributed by atoms with Gasteiger partial charge in [0.2, 0.25) is 23.6 Å². The van der Waals surface area contributed by atoms with Gasteiger partial charge in [-0.3, -0.25) is 38.8 Å². The number of nitrogens with two attached hydrogens (primary N) is 1. The molecule has 456 valence electrons. The van der Waals surface area contributed by atoms with Crippen molar-refractivity contribution in [2.75, 3.05) is 111 Å². The summed E-state index contributed by atoms with van der Waals surface area (Å²) in [6.07, 6.45) is 4.71. The lowest BCUT2D eigenvalue weighted by Crippen LogP contribution is -2.58. The lowest BCUT2D eigenvalue weighted by atomic mass is 9.88. The van der Waals surface area contributed by atoms with E-state index in [-0.39, 0.29) is 135 Å². The highest BCUT2D eigenvalue weighted by atomic mass is 32.2. The molecule has 2 bridgehead atoms. The van der Waals surface area contributed by atoms with E-state index in [2.05, 4.69) is 37.1 Å². The average Bonchev–Trinajstić information content (AvgIpc) is 4.35. The smallest absolute Gasteiger partial charge is 0.258 e. The van der Waals surface area contributed by atoms with E-state index in [4.69, 9.17) is 34.4 Å². The number of piperidine rings is 1. The normalized spacial score (nSPS) is 20.4. The Labute approximate surface area is 496 Å². The third-order valence-electron chi connectivity index (χ3n) is 15.4. The van der Waals surface area contributed by atoms with E-state index in [0.29, 0.717) is 80.7 Å². The number of likely N-dealkylation sites (tertiary alicyclic amines) is 2. The summed E-state index contributed by atoms with van der Waals surface area (Å²) < 4.78 is 56.4. The minimum absolute atomic E-state index is 0.0411. The van der Waals surface area contributed by atoms with E-state index in [0.717, 1.165) is 6.42 Å². The van der Waals surface area contributed by atoms with Crippen LogP contribution in [0.5, 0.6) is 5.88 Å². The predicted octanol–water partition coefficient (Wildman–Crippen LogP) is 3.15. The van der Waals surface area contributed by atoms with Gasteiger partial charge in [0.15, 0.2) is 11.6 Å². The first kappa shape index (κ1) is 63.5. The van der Waals surface area contributed by atoms with Crippen molar-refractivity contribution in [1.29, 1.82) is 5.26 Å². The second-order valence-corrected chi connectivity index (χ2v) is 22.0. The number of amides is 5. The summed E-state index contributed by atoms with van der Waals surface area (Å²) in [4.78, 5) is 99.2. The Morgan fingerprint density at radius 2 is 1.59 bits per heavy atom. The molecule has 2 aromatic carbocycles. The average molecular weight is 1200 g/mol. The third-order valence-corrected chi connectivity index (χ3v) is 16.5. The number of Topliss-reactive ketones (excluding diaryl/α,β-unsaturated/α-hetero) is 1. The number of fused-ring (bicyclic) bond motifs is 5. The van der Waals surface area contributed by atoms with Crippen molar-refractivity contribution in [3.05, 3.63) is 88.4 Å². The number of nitrogens with zero attached hydrogens (tertiary/aromatic N) is 9. The van der Waals surface area contributed by atoms with E-state index in [1.54, 1.807) is 37.7 Å². The number of nitriles is 1. The SMILES string of the molecule is CN[C@@H](C)C(=O)N[C@H](C(=O)N1CCC[C@H]1C1=NC(C(=O)c2ccc(F)cc2)CS1)C1CCN(C(=O)CCOCCOCCOCCOCCC(=O)NCCN2N=CC3C(=C2C#N)c2cnc(N)c(n2)O[C@H](C)c2cc(F)ccc2C(=O)N3C)CC1. The van der Waals surface area contributed by atoms with Crippen LogP contribution in [0.4, 0.5) is 14.6 Å². The molecule has 0 saturated carbocycles. The van der Waals surface area contributed by atoms with Gasteiger partial charge in [0.05, 0.1) is 107 Å². The van der Waals surface area contributed by atoms with Gasteiger partial charge in [-0.1, -0.05) is 0 Å². The number of aliphatic imine (C=N–C) groups is 1. The first-order valence-corrected chi connectivity index (χ1v) is 29.5. The van der Waals surface area contributed by atoms with Crippen molar-refractivity contribution >= 4 is 69.7 Å². The molecule has 2 unspecified atom stereocenters. The standard InChI is InChI=1S/C58H73F2N13O11S/c1-35(63-3)54(77)69-51(58(79)72-18-5-6-45(72)56-68-44(34-85-56)52(76)38-7-9-39(59)10-8-38)37-13-19-71(20-14-37)49(75)16-23-81-25-27-83-29-28-82-26-24-80-22-15-48(74)64-17-21-73-46(31-61)50-43-32-65-53(62)55(67-43)84-36(2)42-30-40(60)11-12-41(42)57(78)70(4)47(50)33-66-73/h7-12,30,32-33,35-37,44-45,47,51,63H,5-6,13-29,34H2,1-4H3,(H2,62,65)(H,64,74)(H,69,77)/t35-,36+,44?,45-,47?,51-/m0/s1. The molecular weight excluding hydrogens is 1120 g/mol. The fraction of sp³-hybridized carbons (Fsp3) is 0.534. The molecule has 24 nitrogen and oxygen atoms in total. The van der Waals surface area contributed by atoms with Gasteiger partial charge in [0.1, 0.15) is 41.6 Å². The van der Waals surface area contributed by atoms with E-state index >= 15 is 0 Å². The third kappa shape index (κ3) is 16.3. The molecule has 6 atom stereocenters. The second-order valence-electron chi connectivity index (χ2n) is 20.9. The molecule has 1 aromatic heterocycles. The fourth-order valence-corrected chi connectivity index (χ4v) is 11.7. The Bertz CT molecular complexity index is 3030. The van der Waals surface area contributed by atoms with Crippen LogP contribution in [0.2, 0.25) is 0 Å². The molecule has 5 aliphatic heterocycles. The molecule has 0 radical (unpaired) electrons. The molecular formula is C58H73F2N13O11S. The minimum Gasteiger partial charge on any atom is -0.467 e. The van der Waals surface area contributed by atoms with Crippen molar-refractivity contribution < 1.29 is 61.2 Å². The number of rotatable bonds is 26. The maximum absolute atomic E-state index is 14.5. The summed E-state index contributed by atoms with van der Waals surface area (Å²) in [6, 6.07) is 8.16. The predicted molar refractivity (Wildman–Crippen MR) is 310 cm³/mol. The highest BCUT2D eigenvalue weighted by molar-refractivity contribution is 8.14. The zero-order valence-electron chi connectivity index (χ0n) is 48.1. The van der Waals surface area contributed by atoms with Gasteiger partial charge in [-0.15, -0.1) is 11.8 Å². The molecule has 2 saturated heterocycles. The largest absolute Gasteiger partial charge is 0.467 e. The number of likely N-dealkylation sites (N-methyl/N-ethyl adjacent to an activating group) is 2. The van der Waals surface area contributed by atoms with Gasteiger partial charge in [0.25, 0.3) is 11.8 Å². The first-order chi connectivity index (χ1) is 41.1. The van der Waals surface area contributed by atoms with Crippen molar-refractivity contribution in [2.45, 2.75) is 88.7 Å². The van der Waals surface area contributed by atoms with Crippen LogP contribution in [-0.2, 0) is 38.1 Å². The highest BCUT2D eigenvalue weighted by Crippen LogP contribution is 2.36. The van der Waals surface area contributed by atoms with Gasteiger partial charge in [-0.2, -0.15) is 10.4 Å². The summed E-state index contributed by atoms with van der Waals surface area (Å²) >= 11 is 1.45. The number of ether oxygens (including phenoxy) is 5. The number of carbonyl (C=O) groups is 6. The minimum atomic E-state index is -0.887. The van der Waals surface area contributed by atoms with E-state index in [9.17, 15) is 42.8 Å². The number of halogens is 2. The summed E-state index contributed by atoms with van der Waals surface area (Å²) in [6.45, 7) is 6.96. The number of hydrogen-bond acceptors (Lipinski definition) is 20. The van der Waals surface area contributed by atoms with Crippen LogP contribution in [0.3, 0.4) is 0 Å². The van der Waals surface area contributed by atoms with Gasteiger partial charge in [-0.05, 0) is 95.0 Å². The number of hydrogen-bond donors (Lipinski definition) is 4. The molecule has 5 N–H and O–H groups in total. The van der Waals surface area contributed by atoms with Gasteiger partial charge in [0, 0.05) is 67.7 Å². The van der Waals surface area contributed by atoms with E-state index < -0.39 is 47.8 Å². The van der Waals surface area contributed by atoms with Gasteiger partial charge >= 0.3 is 0 Å². The number of aromatic nitrogens is 2. The van der Waals surface area contributed by atoms with Crippen LogP contribution in [0.1, 0.15) is 90.4 Å². The van der Waals surface area contributed by atoms with E-state index in [1.165, 1.54) is 76.5 Å². The molecule has 0 aliphatic carbocycles. The Morgan fingerprint density at radius 3 is 2.27 bits per heavy atom. The lowest BCUT2D eigenvalue weighted by Gasteiger charge is -2.38. The first-order valence-electron chi connectivity index (χ1n) is 28.5. The molecule has 2 fully saturated rings. The number of allylic oxidation sites excluding steroid dienone is 1. The zero-order valence-corrected chi connectivity index (χ0v) is 49.0. The number of thioether (sulfide) groups is 1. The highest BCUT2D eigenvalue weighted by Gasteiger charge is 2.43. The Morgan fingerprint density at radius 1 is 0.918 bits per heavy atom. The van der Waals surface area contributed by atoms with Gasteiger partial charge < -0.3 is 60.1 Å². The number of nitrogens with one attached hydrogen (secondary N) is 3. The van der Waals surface area contributed by atoms with Crippen molar-refractivity contribution in [3.63, 3.8) is 0 Å². The summed E-state index contributed by atoms with van der Waals surface area (Å²) in [5, 5.41) is 25.8. The maximum Gasteiger partial charge on any atom is 0.258 e. The molecule has 5 aliphatic rings. The number of benzene rings is 2. The second kappa shape index (κ2) is 30.6. The summed E-state index contributed by atoms with van der Waals surface area (Å²) in [5.74, 6) is -2.41. The molecule has 27 heteroatoms. The van der Waals surface area contributed by atoms with Crippen LogP contribution < -0.4 is 26.4 Å². The van der Waals surface area contributed by atoms with Gasteiger partial charge in [-0.25, -0.2) is 18.7 Å². The van der Waals surface area contributed by atoms with Crippen LogP contribution in [0.25, 0.3) is 5.57 Å². The monoisotopic (exact) mass is 1200 g/mol. The van der Waals surface area contributed by atoms with E-state index in [1.807, 2.05) is 0 Å². The maximum atomic E-state index is 14.5. The number of carbonyl (C=O) groups excluding carboxylic acids is 6. The lowest BCUT2D eigenvalue weighted by molar-refractivity contribution is -0.140. The topological polar surface area (TPSA) is 298 Å². The van der Waals surface area contributed by atoms with Crippen LogP contribution in [0, 0.1) is 28.9 Å². The number of nitrogen functional groups attached to an aromatic ring is 1. The summed E-state index contributed by atoms with van der Waals surface area (Å²) in [5.41, 5.74) is 7.52. The molecule has 6 heterocycles. The molecule has 8 rings (SSSR count). The van der Waals surface area contributed by atoms with Crippen LogP contribution >= 0.6 is 11.8 Å². The molecule has 85 heavy (non-hydrogen) atoms. The number of ketones is 1. The fourth-order valence-electron chi connectivity index (χ4n) is 10.5. The Hall–Kier alpha value is -7.48. The zero-order chi connectivity index (χ0) is 60.6. The number of hydrazone groups is 1. The molecule has 3 aromatic rings. The van der Waals surface area contributed by atoms with Crippen molar-refractivity contribution in [2.24, 2.45) is 16.0 Å².